The van der Waals surface area contributed by atoms with Crippen LogP contribution in [0.25, 0.3) is 0 Å². The monoisotopic (exact) mass is 456 g/mol. The van der Waals surface area contributed by atoms with Crippen LogP contribution in [-0.2, 0) is 40.8 Å². The highest BCUT2D eigenvalue weighted by Gasteiger charge is 2.34. The second-order valence-electron chi connectivity index (χ2n) is 6.34. The molecular formula is C21H26ClO7P. The van der Waals surface area contributed by atoms with E-state index in [2.05, 4.69) is 4.74 Å². The summed E-state index contributed by atoms with van der Waals surface area (Å²) in [6.45, 7) is 3.47. The van der Waals surface area contributed by atoms with E-state index in [-0.39, 0.29) is 19.3 Å². The molecule has 0 heterocycles. The van der Waals surface area contributed by atoms with Crippen LogP contribution in [-0.4, -0.2) is 24.4 Å². The van der Waals surface area contributed by atoms with E-state index in [0.29, 0.717) is 6.42 Å². The van der Waals surface area contributed by atoms with Crippen LogP contribution in [0.15, 0.2) is 60.7 Å². The Balaban J connectivity index is 2.09. The number of alkyl halides is 1. The van der Waals surface area contributed by atoms with Gasteiger partial charge in [-0.2, -0.15) is 0 Å². The van der Waals surface area contributed by atoms with Crippen molar-refractivity contribution in [2.75, 3.05) is 6.07 Å². The fourth-order valence-electron chi connectivity index (χ4n) is 2.52. The quantitative estimate of drug-likeness (QED) is 0.218. The van der Waals surface area contributed by atoms with Gasteiger partial charge in [0.25, 0.3) is 0 Å². The zero-order valence-electron chi connectivity index (χ0n) is 16.9. The van der Waals surface area contributed by atoms with E-state index < -0.39 is 26.2 Å². The number of phosphoric ester groups is 1. The van der Waals surface area contributed by atoms with Crippen LogP contribution in [0.5, 0.6) is 0 Å². The van der Waals surface area contributed by atoms with Crippen molar-refractivity contribution in [2.45, 2.75) is 45.7 Å². The van der Waals surface area contributed by atoms with Gasteiger partial charge < -0.3 is 9.47 Å². The minimum atomic E-state index is -3.99. The molecule has 2 aromatic rings. The molecule has 0 saturated heterocycles. The molecule has 2 aromatic carbocycles. The van der Waals surface area contributed by atoms with E-state index in [4.69, 9.17) is 29.9 Å². The van der Waals surface area contributed by atoms with Crippen LogP contribution in [0, 0.1) is 0 Å². The van der Waals surface area contributed by atoms with Gasteiger partial charge in [-0.05, 0) is 24.5 Å². The van der Waals surface area contributed by atoms with Crippen LogP contribution in [0.2, 0.25) is 0 Å². The summed E-state index contributed by atoms with van der Waals surface area (Å²) in [4.78, 5) is 11.5. The number of phosphoric acid groups is 1. The average molecular weight is 457 g/mol. The zero-order chi connectivity index (χ0) is 21.8. The Morgan fingerprint density at radius 3 is 1.90 bits per heavy atom. The molecule has 0 N–H and O–H groups in total. The highest BCUT2D eigenvalue weighted by Crippen LogP contribution is 2.52. The molecule has 164 valence electrons. The lowest BCUT2D eigenvalue weighted by atomic mass is 10.2. The van der Waals surface area contributed by atoms with Gasteiger partial charge in [0, 0.05) is 0 Å². The number of halogens is 1. The molecule has 0 radical (unpaired) electrons. The maximum absolute atomic E-state index is 13.4. The van der Waals surface area contributed by atoms with E-state index in [1.54, 1.807) is 13.8 Å². The number of rotatable bonds is 12. The number of hydrogen-bond donors (Lipinski definition) is 0. The van der Waals surface area contributed by atoms with Crippen molar-refractivity contribution in [2.24, 2.45) is 0 Å². The first-order valence-electron chi connectivity index (χ1n) is 9.50. The van der Waals surface area contributed by atoms with Crippen molar-refractivity contribution in [3.63, 3.8) is 0 Å². The third-order valence-electron chi connectivity index (χ3n) is 4.11. The van der Waals surface area contributed by atoms with Crippen LogP contribution in [0.4, 0.5) is 4.79 Å². The third-order valence-corrected chi connectivity index (χ3v) is 5.64. The highest BCUT2D eigenvalue weighted by atomic mass is 35.5. The zero-order valence-corrected chi connectivity index (χ0v) is 18.6. The first-order chi connectivity index (χ1) is 14.5. The molecule has 0 aliphatic carbocycles. The van der Waals surface area contributed by atoms with E-state index in [0.717, 1.165) is 11.1 Å². The lowest BCUT2D eigenvalue weighted by molar-refractivity contribution is -0.0282. The molecule has 1 unspecified atom stereocenters. The summed E-state index contributed by atoms with van der Waals surface area (Å²) >= 11 is 5.36. The van der Waals surface area contributed by atoms with Gasteiger partial charge >= 0.3 is 14.0 Å². The van der Waals surface area contributed by atoms with Crippen LogP contribution >= 0.6 is 19.4 Å². The third kappa shape index (κ3) is 8.46. The number of carbonyl (C=O) groups is 1. The highest BCUT2D eigenvalue weighted by molar-refractivity contribution is 7.48. The molecule has 30 heavy (non-hydrogen) atoms. The minimum Gasteiger partial charge on any atom is -0.428 e. The number of ether oxygens (including phenoxy) is 2. The summed E-state index contributed by atoms with van der Waals surface area (Å²) in [5.74, 6) is 0. The van der Waals surface area contributed by atoms with Gasteiger partial charge in [0.15, 0.2) is 6.07 Å². The van der Waals surface area contributed by atoms with E-state index in [9.17, 15) is 9.36 Å². The Labute approximate surface area is 181 Å². The van der Waals surface area contributed by atoms with Crippen molar-refractivity contribution < 1.29 is 32.4 Å². The van der Waals surface area contributed by atoms with Crippen LogP contribution < -0.4 is 0 Å². The van der Waals surface area contributed by atoms with Gasteiger partial charge in [-0.15, -0.1) is 0 Å². The van der Waals surface area contributed by atoms with E-state index >= 15 is 0 Å². The summed E-state index contributed by atoms with van der Waals surface area (Å²) in [5.41, 5.74) is 1.63. The molecule has 0 amide bonds. The van der Waals surface area contributed by atoms with Gasteiger partial charge in [0.2, 0.25) is 0 Å². The van der Waals surface area contributed by atoms with Gasteiger partial charge in [-0.25, -0.2) is 9.36 Å². The molecule has 2 atom stereocenters. The lowest BCUT2D eigenvalue weighted by Gasteiger charge is -2.27. The molecule has 7 nitrogen and oxygen atoms in total. The molecule has 0 bridgehead atoms. The molecule has 0 spiro atoms. The molecule has 0 fully saturated rings. The predicted molar refractivity (Wildman–Crippen MR) is 113 cm³/mol. The summed E-state index contributed by atoms with van der Waals surface area (Å²) in [5, 5.41) is 0. The Kier molecular flexibility index (Phi) is 10.3. The van der Waals surface area contributed by atoms with E-state index in [1.807, 2.05) is 60.7 Å². The van der Waals surface area contributed by atoms with Crippen molar-refractivity contribution in [3.8, 4) is 0 Å². The molecule has 0 aliphatic rings. The lowest BCUT2D eigenvalue weighted by Crippen LogP contribution is -2.30. The molecular weight excluding hydrogens is 431 g/mol. The number of carbonyl (C=O) groups excluding carboxylic acids is 1. The summed E-state index contributed by atoms with van der Waals surface area (Å²) < 4.78 is 40.0. The normalized spacial score (nSPS) is 13.4. The second kappa shape index (κ2) is 12.7. The van der Waals surface area contributed by atoms with Gasteiger partial charge in [-0.1, -0.05) is 79.2 Å². The molecule has 0 saturated carbocycles. The van der Waals surface area contributed by atoms with Gasteiger partial charge in [0.05, 0.1) is 13.2 Å². The molecule has 9 heteroatoms. The first-order valence-corrected chi connectivity index (χ1v) is 11.5. The maximum Gasteiger partial charge on any atom is 0.509 e. The maximum atomic E-state index is 13.4. The largest absolute Gasteiger partial charge is 0.509 e. The molecule has 0 aromatic heterocycles. The Hall–Kier alpha value is -1.89. The summed E-state index contributed by atoms with van der Waals surface area (Å²) in [7, 11) is -3.99. The number of benzene rings is 2. The fraction of sp³-hybridized carbons (Fsp3) is 0.381. The average Bonchev–Trinajstić information content (AvgIpc) is 2.76. The van der Waals surface area contributed by atoms with E-state index in [1.165, 1.54) is 0 Å². The summed E-state index contributed by atoms with van der Waals surface area (Å²) in [6.07, 6.45) is -2.06. The molecule has 0 aliphatic heterocycles. The van der Waals surface area contributed by atoms with Crippen molar-refractivity contribution >= 4 is 25.6 Å². The van der Waals surface area contributed by atoms with Gasteiger partial charge in [-0.3, -0.25) is 13.6 Å². The second-order valence-corrected chi connectivity index (χ2v) is 8.18. The van der Waals surface area contributed by atoms with Gasteiger partial charge in [0.1, 0.15) is 12.2 Å². The Morgan fingerprint density at radius 1 is 0.967 bits per heavy atom. The smallest absolute Gasteiger partial charge is 0.428 e. The van der Waals surface area contributed by atoms with Crippen LogP contribution in [0.3, 0.4) is 0 Å². The Morgan fingerprint density at radius 2 is 1.47 bits per heavy atom. The summed E-state index contributed by atoms with van der Waals surface area (Å²) in [6, 6.07) is 18.2. The van der Waals surface area contributed by atoms with Crippen LogP contribution in [0.1, 0.15) is 31.4 Å². The predicted octanol–water partition coefficient (Wildman–Crippen LogP) is 6.06. The minimum absolute atomic E-state index is 0.0346. The first kappa shape index (κ1) is 24.4. The Bertz CT molecular complexity index is 756. The topological polar surface area (TPSA) is 80.3 Å². The number of hydrogen-bond acceptors (Lipinski definition) is 7. The standard InChI is InChI=1S/C21H26ClO7P/c1-3-20(17(2)28-21(23)25-16-22)29-30(24,26-14-18-10-6-4-7-11-18)27-15-19-12-8-5-9-13-19/h4-13,17,20H,3,14-16H2,1-2H3/t17-,20?/m0/s1. The van der Waals surface area contributed by atoms with Crippen molar-refractivity contribution in [3.05, 3.63) is 71.8 Å². The SMILES string of the molecule is CCC(OP(=O)(OCc1ccccc1)OCc1ccccc1)[C@H](C)OC(=O)OCCl. The fourth-order valence-corrected chi connectivity index (χ4v) is 4.07. The van der Waals surface area contributed by atoms with Crippen molar-refractivity contribution in [1.29, 1.82) is 0 Å². The molecule has 2 rings (SSSR count). The van der Waals surface area contributed by atoms with Crippen molar-refractivity contribution in [1.82, 2.24) is 0 Å².